The van der Waals surface area contributed by atoms with Crippen LogP contribution < -0.4 is 0 Å². The van der Waals surface area contributed by atoms with Crippen LogP contribution in [0, 0.1) is 12.7 Å². The van der Waals surface area contributed by atoms with E-state index < -0.39 is 0 Å². The molecule has 2 aliphatic heterocycles. The molecule has 2 aliphatic rings. The smallest absolute Gasteiger partial charge is 0.257 e. The van der Waals surface area contributed by atoms with Gasteiger partial charge in [-0.05, 0) is 38.3 Å². The molecule has 0 unspecified atom stereocenters. The van der Waals surface area contributed by atoms with Crippen LogP contribution in [0.25, 0.3) is 5.69 Å². The lowest BCUT2D eigenvalue weighted by atomic mass is 10.1. The van der Waals surface area contributed by atoms with Crippen LogP contribution in [0.15, 0.2) is 30.5 Å². The van der Waals surface area contributed by atoms with Gasteiger partial charge in [-0.3, -0.25) is 14.5 Å². The van der Waals surface area contributed by atoms with Crippen LogP contribution in [0.1, 0.15) is 35.3 Å². The van der Waals surface area contributed by atoms with E-state index in [-0.39, 0.29) is 17.6 Å². The molecule has 0 saturated carbocycles. The molecule has 1 aromatic heterocycles. The van der Waals surface area contributed by atoms with Gasteiger partial charge in [-0.15, -0.1) is 0 Å². The van der Waals surface area contributed by atoms with Gasteiger partial charge in [-0.2, -0.15) is 5.10 Å². The van der Waals surface area contributed by atoms with Crippen molar-refractivity contribution >= 4 is 11.8 Å². The highest BCUT2D eigenvalue weighted by molar-refractivity contribution is 5.95. The van der Waals surface area contributed by atoms with E-state index in [4.69, 9.17) is 0 Å². The van der Waals surface area contributed by atoms with E-state index >= 15 is 0 Å². The Morgan fingerprint density at radius 1 is 0.967 bits per heavy atom. The Balaban J connectivity index is 1.36. The van der Waals surface area contributed by atoms with Crippen LogP contribution in [0.5, 0.6) is 0 Å². The van der Waals surface area contributed by atoms with Crippen LogP contribution in [0.3, 0.4) is 0 Å². The summed E-state index contributed by atoms with van der Waals surface area (Å²) in [4.78, 5) is 31.4. The number of carbonyl (C=O) groups excluding carboxylic acids is 2. The predicted octanol–water partition coefficient (Wildman–Crippen LogP) is 2.09. The molecule has 0 radical (unpaired) electrons. The minimum absolute atomic E-state index is 0.0999. The molecule has 3 heterocycles. The Labute approximate surface area is 176 Å². The summed E-state index contributed by atoms with van der Waals surface area (Å²) in [6.07, 6.45) is 4.90. The number of piperazine rings is 1. The molecule has 8 heteroatoms. The average molecular weight is 413 g/mol. The number of amides is 2. The van der Waals surface area contributed by atoms with Crippen molar-refractivity contribution in [3.63, 3.8) is 0 Å². The van der Waals surface area contributed by atoms with Crippen molar-refractivity contribution in [2.75, 3.05) is 45.8 Å². The van der Waals surface area contributed by atoms with E-state index in [1.54, 1.807) is 30.0 Å². The average Bonchev–Trinajstić information content (AvgIpc) is 3.16. The first-order chi connectivity index (χ1) is 14.5. The molecule has 0 bridgehead atoms. The lowest BCUT2D eigenvalue weighted by Gasteiger charge is -2.36. The first-order valence-corrected chi connectivity index (χ1v) is 10.6. The third kappa shape index (κ3) is 4.23. The van der Waals surface area contributed by atoms with E-state index in [0.29, 0.717) is 49.7 Å². The molecular formula is C22H28FN5O2. The van der Waals surface area contributed by atoms with Crippen molar-refractivity contribution in [3.8, 4) is 5.69 Å². The van der Waals surface area contributed by atoms with Gasteiger partial charge >= 0.3 is 0 Å². The molecule has 1 aromatic carbocycles. The van der Waals surface area contributed by atoms with Gasteiger partial charge in [-0.1, -0.05) is 12.1 Å². The maximum absolute atomic E-state index is 14.1. The normalized spacial score (nSPS) is 17.9. The highest BCUT2D eigenvalue weighted by Crippen LogP contribution is 2.19. The van der Waals surface area contributed by atoms with E-state index in [1.807, 2.05) is 4.90 Å². The zero-order chi connectivity index (χ0) is 21.1. The second-order valence-electron chi connectivity index (χ2n) is 8.02. The van der Waals surface area contributed by atoms with Crippen molar-refractivity contribution in [2.45, 2.75) is 26.2 Å². The van der Waals surface area contributed by atoms with E-state index in [9.17, 15) is 14.0 Å². The summed E-state index contributed by atoms with van der Waals surface area (Å²) in [5.41, 5.74) is 1.43. The Kier molecular flexibility index (Phi) is 6.13. The van der Waals surface area contributed by atoms with Gasteiger partial charge in [0.05, 0.1) is 24.0 Å². The molecule has 0 spiro atoms. The summed E-state index contributed by atoms with van der Waals surface area (Å²) in [7, 11) is 0. The van der Waals surface area contributed by atoms with Crippen LogP contribution in [0.2, 0.25) is 0 Å². The first-order valence-electron chi connectivity index (χ1n) is 10.6. The molecule has 2 fully saturated rings. The molecule has 4 rings (SSSR count). The number of hydrogen-bond acceptors (Lipinski definition) is 4. The number of nitrogens with zero attached hydrogens (tertiary/aromatic N) is 5. The van der Waals surface area contributed by atoms with Crippen molar-refractivity contribution < 1.29 is 14.0 Å². The Morgan fingerprint density at radius 2 is 1.67 bits per heavy atom. The Morgan fingerprint density at radius 3 is 2.37 bits per heavy atom. The largest absolute Gasteiger partial charge is 0.342 e. The molecule has 2 amide bonds. The zero-order valence-corrected chi connectivity index (χ0v) is 17.4. The molecule has 0 atom stereocenters. The highest BCUT2D eigenvalue weighted by Gasteiger charge is 2.27. The molecule has 0 aliphatic carbocycles. The fraction of sp³-hybridized carbons (Fsp3) is 0.500. The van der Waals surface area contributed by atoms with Crippen molar-refractivity contribution in [1.29, 1.82) is 0 Å². The van der Waals surface area contributed by atoms with E-state index in [2.05, 4.69) is 10.00 Å². The summed E-state index contributed by atoms with van der Waals surface area (Å²) in [6.45, 7) is 6.40. The molecule has 30 heavy (non-hydrogen) atoms. The number of aromatic nitrogens is 2. The second kappa shape index (κ2) is 8.95. The fourth-order valence-corrected chi connectivity index (χ4v) is 4.20. The maximum atomic E-state index is 14.1. The summed E-state index contributed by atoms with van der Waals surface area (Å²) in [5.74, 6) is -0.289. The lowest BCUT2D eigenvalue weighted by Crippen LogP contribution is -2.52. The molecule has 2 saturated heterocycles. The van der Waals surface area contributed by atoms with Gasteiger partial charge in [-0.25, -0.2) is 9.07 Å². The first kappa shape index (κ1) is 20.5. The van der Waals surface area contributed by atoms with Crippen LogP contribution in [-0.2, 0) is 4.79 Å². The molecule has 0 N–H and O–H groups in total. The van der Waals surface area contributed by atoms with Crippen LogP contribution >= 0.6 is 0 Å². The van der Waals surface area contributed by atoms with Gasteiger partial charge in [0, 0.05) is 39.3 Å². The van der Waals surface area contributed by atoms with E-state index in [1.165, 1.54) is 23.4 Å². The third-order valence-corrected chi connectivity index (χ3v) is 6.05. The number of halogens is 1. The molecule has 160 valence electrons. The number of piperidine rings is 1. The van der Waals surface area contributed by atoms with Crippen LogP contribution in [0.4, 0.5) is 4.39 Å². The summed E-state index contributed by atoms with van der Waals surface area (Å²) in [6, 6.07) is 6.38. The quantitative estimate of drug-likeness (QED) is 0.770. The molecule has 7 nitrogen and oxygen atoms in total. The van der Waals surface area contributed by atoms with Gasteiger partial charge in [0.15, 0.2) is 0 Å². The lowest BCUT2D eigenvalue weighted by molar-refractivity contribution is -0.133. The molecule has 2 aromatic rings. The summed E-state index contributed by atoms with van der Waals surface area (Å²) >= 11 is 0. The van der Waals surface area contributed by atoms with Gasteiger partial charge in [0.25, 0.3) is 5.91 Å². The molecular weight excluding hydrogens is 385 g/mol. The number of rotatable bonds is 4. The number of carbonyl (C=O) groups is 2. The standard InChI is InChI=1S/C22H28FN5O2/c1-17-18(15-24-28(17)20-8-4-3-7-19(20)23)22(30)27-13-11-25(12-14-27)16-21(29)26-9-5-2-6-10-26/h3-4,7-8,15H,2,5-6,9-14,16H2,1H3. The van der Waals surface area contributed by atoms with Gasteiger partial charge in [0.1, 0.15) is 11.5 Å². The predicted molar refractivity (Wildman–Crippen MR) is 111 cm³/mol. The highest BCUT2D eigenvalue weighted by atomic mass is 19.1. The summed E-state index contributed by atoms with van der Waals surface area (Å²) < 4.78 is 15.6. The number of para-hydroxylation sites is 1. The number of benzene rings is 1. The zero-order valence-electron chi connectivity index (χ0n) is 17.4. The minimum atomic E-state index is -0.380. The second-order valence-corrected chi connectivity index (χ2v) is 8.02. The number of likely N-dealkylation sites (tertiary alicyclic amines) is 1. The number of hydrogen-bond donors (Lipinski definition) is 0. The maximum Gasteiger partial charge on any atom is 0.257 e. The van der Waals surface area contributed by atoms with E-state index in [0.717, 1.165) is 25.9 Å². The Hall–Kier alpha value is -2.74. The monoisotopic (exact) mass is 413 g/mol. The van der Waals surface area contributed by atoms with Crippen molar-refractivity contribution in [3.05, 3.63) is 47.5 Å². The Bertz CT molecular complexity index is 914. The van der Waals surface area contributed by atoms with Crippen molar-refractivity contribution in [1.82, 2.24) is 24.5 Å². The van der Waals surface area contributed by atoms with Crippen LogP contribution in [-0.4, -0.2) is 82.1 Å². The SMILES string of the molecule is Cc1c(C(=O)N2CCN(CC(=O)N3CCCCC3)CC2)cnn1-c1ccccc1F. The van der Waals surface area contributed by atoms with Gasteiger partial charge < -0.3 is 9.80 Å². The topological polar surface area (TPSA) is 61.7 Å². The minimum Gasteiger partial charge on any atom is -0.342 e. The van der Waals surface area contributed by atoms with Crippen molar-refractivity contribution in [2.24, 2.45) is 0 Å². The third-order valence-electron chi connectivity index (χ3n) is 6.05. The summed E-state index contributed by atoms with van der Waals surface area (Å²) in [5, 5.41) is 4.24. The van der Waals surface area contributed by atoms with Gasteiger partial charge in [0.2, 0.25) is 5.91 Å². The fourth-order valence-electron chi connectivity index (χ4n) is 4.20.